The molecule has 0 aliphatic heterocycles. The lowest BCUT2D eigenvalue weighted by Crippen LogP contribution is -2.50. The third kappa shape index (κ3) is 4.09. The second-order valence-corrected chi connectivity index (χ2v) is 7.21. The Kier molecular flexibility index (Phi) is 5.67. The number of aromatic hydroxyl groups is 1. The number of halogens is 2. The largest absolute Gasteiger partial charge is 0.507 e. The summed E-state index contributed by atoms with van der Waals surface area (Å²) in [5, 5.41) is 20.4. The summed E-state index contributed by atoms with van der Waals surface area (Å²) >= 11 is 0. The Morgan fingerprint density at radius 2 is 2.00 bits per heavy atom. The number of ketones is 1. The number of aryl methyl sites for hydroxylation is 1. The van der Waals surface area contributed by atoms with Gasteiger partial charge in [-0.15, -0.1) is 0 Å². The number of hydrogen-bond donors (Lipinski definition) is 2. The molecule has 2 unspecified atom stereocenters. The van der Waals surface area contributed by atoms with E-state index in [1.807, 2.05) is 0 Å². The molecule has 0 radical (unpaired) electrons. The molecule has 1 aromatic rings. The van der Waals surface area contributed by atoms with Crippen LogP contribution in [0.15, 0.2) is 29.8 Å². The Hall–Kier alpha value is -1.75. The molecule has 5 heteroatoms. The van der Waals surface area contributed by atoms with E-state index in [1.165, 1.54) is 6.92 Å². The summed E-state index contributed by atoms with van der Waals surface area (Å²) in [6, 6.07) is 4.96. The van der Waals surface area contributed by atoms with E-state index in [1.54, 1.807) is 31.2 Å². The van der Waals surface area contributed by atoms with E-state index in [-0.39, 0.29) is 23.5 Å². The van der Waals surface area contributed by atoms with E-state index in [4.69, 9.17) is 0 Å². The number of phenols is 1. The van der Waals surface area contributed by atoms with Crippen molar-refractivity contribution in [3.05, 3.63) is 41.0 Å². The van der Waals surface area contributed by atoms with Crippen LogP contribution >= 0.6 is 0 Å². The van der Waals surface area contributed by atoms with Crippen LogP contribution in [0, 0.1) is 12.8 Å². The van der Waals surface area contributed by atoms with Crippen molar-refractivity contribution in [2.75, 3.05) is 0 Å². The molecule has 0 bridgehead atoms. The minimum absolute atomic E-state index is 0.0220. The van der Waals surface area contributed by atoms with Crippen molar-refractivity contribution >= 4 is 5.78 Å². The summed E-state index contributed by atoms with van der Waals surface area (Å²) in [7, 11) is 0. The van der Waals surface area contributed by atoms with Crippen molar-refractivity contribution in [3.63, 3.8) is 0 Å². The SMILES string of the molecule is Cc1cccc(C(=O)C/C=C2/CCCCC2C(C)(O)C(C)(F)F)c1O. The molecule has 2 rings (SSSR count). The summed E-state index contributed by atoms with van der Waals surface area (Å²) in [6.07, 6.45) is 4.40. The zero-order valence-electron chi connectivity index (χ0n) is 15.0. The normalized spacial score (nSPS) is 22.6. The molecule has 2 N–H and O–H groups in total. The minimum atomic E-state index is -3.23. The van der Waals surface area contributed by atoms with Gasteiger partial charge in [-0.2, -0.15) is 0 Å². The predicted molar refractivity (Wildman–Crippen MR) is 93.1 cm³/mol. The Morgan fingerprint density at radius 3 is 2.64 bits per heavy atom. The molecule has 0 aromatic heterocycles. The van der Waals surface area contributed by atoms with Crippen LogP contribution < -0.4 is 0 Å². The molecule has 138 valence electrons. The zero-order chi connectivity index (χ0) is 18.8. The number of benzene rings is 1. The smallest absolute Gasteiger partial charge is 0.273 e. The van der Waals surface area contributed by atoms with Crippen LogP contribution in [0.2, 0.25) is 0 Å². The number of carbonyl (C=O) groups is 1. The molecule has 1 aliphatic carbocycles. The molecule has 2 atom stereocenters. The van der Waals surface area contributed by atoms with E-state index < -0.39 is 17.4 Å². The minimum Gasteiger partial charge on any atom is -0.507 e. The van der Waals surface area contributed by atoms with Crippen LogP contribution in [0.4, 0.5) is 8.78 Å². The maximum absolute atomic E-state index is 13.8. The monoisotopic (exact) mass is 352 g/mol. The Morgan fingerprint density at radius 1 is 1.32 bits per heavy atom. The summed E-state index contributed by atoms with van der Waals surface area (Å²) in [6.45, 7) is 3.61. The first-order chi connectivity index (χ1) is 11.6. The number of aliphatic hydroxyl groups is 1. The maximum atomic E-state index is 13.8. The molecule has 0 heterocycles. The van der Waals surface area contributed by atoms with Gasteiger partial charge in [-0.05, 0) is 44.7 Å². The van der Waals surface area contributed by atoms with Crippen LogP contribution in [0.3, 0.4) is 0 Å². The fraction of sp³-hybridized carbons (Fsp3) is 0.550. The molecule has 0 amide bonds. The van der Waals surface area contributed by atoms with Crippen molar-refractivity contribution in [1.29, 1.82) is 0 Å². The van der Waals surface area contributed by atoms with Gasteiger partial charge >= 0.3 is 0 Å². The van der Waals surface area contributed by atoms with Gasteiger partial charge in [-0.1, -0.05) is 30.2 Å². The highest BCUT2D eigenvalue weighted by Gasteiger charge is 2.51. The second kappa shape index (κ2) is 7.24. The number of para-hydroxylation sites is 1. The quantitative estimate of drug-likeness (QED) is 0.591. The first kappa shape index (κ1) is 19.6. The third-order valence-electron chi connectivity index (χ3n) is 5.31. The Labute approximate surface area is 147 Å². The lowest BCUT2D eigenvalue weighted by atomic mass is 9.71. The molecule has 25 heavy (non-hydrogen) atoms. The standard InChI is InChI=1S/C20H26F2O3/c1-13-7-6-9-15(18(13)24)17(23)12-11-14-8-4-5-10-16(14)19(2,25)20(3,21)22/h6-7,9,11,16,24-25H,4-5,8,10,12H2,1-3H3/b14-11-. The van der Waals surface area contributed by atoms with Crippen LogP contribution in [0.25, 0.3) is 0 Å². The lowest BCUT2D eigenvalue weighted by Gasteiger charge is -2.41. The average Bonchev–Trinajstić information content (AvgIpc) is 2.54. The molecule has 1 aromatic carbocycles. The number of carbonyl (C=O) groups excluding carboxylic acids is 1. The van der Waals surface area contributed by atoms with Crippen molar-refractivity contribution in [2.24, 2.45) is 5.92 Å². The van der Waals surface area contributed by atoms with Gasteiger partial charge in [0.05, 0.1) is 5.56 Å². The molecule has 3 nitrogen and oxygen atoms in total. The van der Waals surface area contributed by atoms with Crippen LogP contribution in [-0.4, -0.2) is 27.5 Å². The third-order valence-corrected chi connectivity index (χ3v) is 5.31. The first-order valence-electron chi connectivity index (χ1n) is 8.66. The highest BCUT2D eigenvalue weighted by molar-refractivity contribution is 5.99. The van der Waals surface area contributed by atoms with Gasteiger partial charge in [0, 0.05) is 19.3 Å². The fourth-order valence-corrected chi connectivity index (χ4v) is 3.45. The van der Waals surface area contributed by atoms with Gasteiger partial charge < -0.3 is 10.2 Å². The van der Waals surface area contributed by atoms with Crippen LogP contribution in [0.1, 0.15) is 61.9 Å². The summed E-state index contributed by atoms with van der Waals surface area (Å²) < 4.78 is 27.7. The van der Waals surface area contributed by atoms with E-state index in [0.717, 1.165) is 19.8 Å². The van der Waals surface area contributed by atoms with E-state index >= 15 is 0 Å². The van der Waals surface area contributed by atoms with Crippen molar-refractivity contribution in [3.8, 4) is 5.75 Å². The van der Waals surface area contributed by atoms with Crippen molar-refractivity contribution in [1.82, 2.24) is 0 Å². The zero-order valence-corrected chi connectivity index (χ0v) is 15.0. The number of hydrogen-bond acceptors (Lipinski definition) is 3. The van der Waals surface area contributed by atoms with Crippen molar-refractivity contribution in [2.45, 2.75) is 64.4 Å². The Balaban J connectivity index is 2.23. The maximum Gasteiger partial charge on any atom is 0.273 e. The average molecular weight is 352 g/mol. The van der Waals surface area contributed by atoms with Crippen LogP contribution in [0.5, 0.6) is 5.75 Å². The second-order valence-electron chi connectivity index (χ2n) is 7.21. The van der Waals surface area contributed by atoms with Gasteiger partial charge in [-0.25, -0.2) is 8.78 Å². The molecule has 0 spiro atoms. The molecule has 0 saturated heterocycles. The lowest BCUT2D eigenvalue weighted by molar-refractivity contribution is -0.183. The highest BCUT2D eigenvalue weighted by atomic mass is 19.3. The van der Waals surface area contributed by atoms with Crippen molar-refractivity contribution < 1.29 is 23.8 Å². The topological polar surface area (TPSA) is 57.5 Å². The van der Waals surface area contributed by atoms with Gasteiger partial charge in [-0.3, -0.25) is 4.79 Å². The number of rotatable bonds is 5. The number of phenolic OH excluding ortho intramolecular Hbond substituents is 1. The van der Waals surface area contributed by atoms with E-state index in [2.05, 4.69) is 0 Å². The fourth-order valence-electron chi connectivity index (χ4n) is 3.45. The summed E-state index contributed by atoms with van der Waals surface area (Å²) in [5.41, 5.74) is -0.592. The summed E-state index contributed by atoms with van der Waals surface area (Å²) in [4.78, 5) is 12.4. The molecule has 1 fully saturated rings. The van der Waals surface area contributed by atoms with Crippen LogP contribution in [-0.2, 0) is 0 Å². The van der Waals surface area contributed by atoms with Gasteiger partial charge in [0.25, 0.3) is 5.92 Å². The predicted octanol–water partition coefficient (Wildman–Crippen LogP) is 4.80. The summed E-state index contributed by atoms with van der Waals surface area (Å²) in [5.74, 6) is -4.20. The molecular formula is C20H26F2O3. The number of Topliss-reactive ketones (excluding diaryl/α,β-unsaturated/α-hetero) is 1. The molecule has 1 saturated carbocycles. The van der Waals surface area contributed by atoms with Gasteiger partial charge in [0.15, 0.2) is 5.78 Å². The molecular weight excluding hydrogens is 326 g/mol. The highest BCUT2D eigenvalue weighted by Crippen LogP contribution is 2.44. The van der Waals surface area contributed by atoms with E-state index in [9.17, 15) is 23.8 Å². The Bertz CT molecular complexity index is 672. The first-order valence-corrected chi connectivity index (χ1v) is 8.66. The van der Waals surface area contributed by atoms with Gasteiger partial charge in [0.2, 0.25) is 0 Å². The number of alkyl halides is 2. The molecule has 1 aliphatic rings. The number of allylic oxidation sites excluding steroid dienone is 1. The van der Waals surface area contributed by atoms with Gasteiger partial charge in [0.1, 0.15) is 11.4 Å². The van der Waals surface area contributed by atoms with E-state index in [0.29, 0.717) is 24.0 Å².